The van der Waals surface area contributed by atoms with Crippen molar-refractivity contribution in [2.24, 2.45) is 0 Å². The number of rotatable bonds is 2. The third-order valence-electron chi connectivity index (χ3n) is 3.35. The second-order valence-electron chi connectivity index (χ2n) is 4.76. The van der Waals surface area contributed by atoms with Crippen LogP contribution in [0.25, 0.3) is 11.6 Å². The van der Waals surface area contributed by atoms with Crippen LogP contribution in [0, 0.1) is 0 Å². The molecule has 2 N–H and O–H groups in total. The van der Waals surface area contributed by atoms with Gasteiger partial charge < -0.3 is 15.2 Å². The minimum atomic E-state index is -0.194. The summed E-state index contributed by atoms with van der Waals surface area (Å²) in [6.45, 7) is 0. The number of ether oxygens (including phenoxy) is 1. The fraction of sp³-hybridized carbons (Fsp3) is 0.0625. The van der Waals surface area contributed by atoms with Gasteiger partial charge in [0.2, 0.25) is 0 Å². The molecule has 1 aliphatic heterocycles. The average Bonchev–Trinajstić information content (AvgIpc) is 2.77. The molecule has 0 spiro atoms. The largest absolute Gasteiger partial charge is 0.503 e. The predicted molar refractivity (Wildman–Crippen MR) is 90.3 cm³/mol. The van der Waals surface area contributed by atoms with E-state index >= 15 is 0 Å². The lowest BCUT2D eigenvalue weighted by atomic mass is 10.0. The van der Waals surface area contributed by atoms with Crippen molar-refractivity contribution < 1.29 is 14.6 Å². The van der Waals surface area contributed by atoms with Crippen LogP contribution in [0.1, 0.15) is 11.1 Å². The van der Waals surface area contributed by atoms with Crippen molar-refractivity contribution in [3.05, 3.63) is 51.0 Å². The molecule has 0 unspecified atom stereocenters. The molecule has 0 radical (unpaired) electrons. The smallest absolute Gasteiger partial charge is 0.256 e. The fourth-order valence-corrected chi connectivity index (χ4v) is 2.94. The lowest BCUT2D eigenvalue weighted by Gasteiger charge is -2.07. The number of amides is 1. The first-order valence-corrected chi connectivity index (χ1v) is 7.56. The highest BCUT2D eigenvalue weighted by molar-refractivity contribution is 9.10. The first-order chi connectivity index (χ1) is 10.5. The first kappa shape index (κ1) is 14.9. The number of hydrogen-bond acceptors (Lipinski definition) is 3. The average molecular weight is 381 g/mol. The molecule has 0 aliphatic carbocycles. The standard InChI is InChI=1S/C16H11BrClNO3/c1-22-14-6-8(5-12(17)15(14)20)4-11-10-3-2-9(18)7-13(10)19-16(11)21/h2-7,20H,1H3,(H,19,21)/b11-4+. The minimum absolute atomic E-state index is 0.0210. The number of hydrogen-bond donors (Lipinski definition) is 2. The van der Waals surface area contributed by atoms with Crippen LogP contribution < -0.4 is 10.1 Å². The molecular weight excluding hydrogens is 370 g/mol. The number of halogens is 2. The van der Waals surface area contributed by atoms with Crippen LogP contribution in [0.3, 0.4) is 0 Å². The van der Waals surface area contributed by atoms with Crippen LogP contribution in [0.4, 0.5) is 5.69 Å². The van der Waals surface area contributed by atoms with E-state index in [2.05, 4.69) is 21.2 Å². The molecular formula is C16H11BrClNO3. The van der Waals surface area contributed by atoms with Crippen molar-refractivity contribution in [3.63, 3.8) is 0 Å². The number of phenols is 1. The maximum atomic E-state index is 12.1. The summed E-state index contributed by atoms with van der Waals surface area (Å²) in [5.41, 5.74) is 2.74. The first-order valence-electron chi connectivity index (χ1n) is 6.39. The van der Waals surface area contributed by atoms with Crippen LogP contribution in [0.5, 0.6) is 11.5 Å². The molecule has 4 nitrogen and oxygen atoms in total. The monoisotopic (exact) mass is 379 g/mol. The van der Waals surface area contributed by atoms with Crippen LogP contribution in [-0.4, -0.2) is 18.1 Å². The van der Waals surface area contributed by atoms with E-state index in [-0.39, 0.29) is 11.7 Å². The van der Waals surface area contributed by atoms with E-state index in [0.29, 0.717) is 26.5 Å². The molecule has 1 amide bonds. The van der Waals surface area contributed by atoms with Gasteiger partial charge in [-0.2, -0.15) is 0 Å². The highest BCUT2D eigenvalue weighted by atomic mass is 79.9. The number of aromatic hydroxyl groups is 1. The topological polar surface area (TPSA) is 58.6 Å². The number of phenolic OH excluding ortho intramolecular Hbond substituents is 1. The zero-order valence-electron chi connectivity index (χ0n) is 11.5. The molecule has 3 rings (SSSR count). The number of methoxy groups -OCH3 is 1. The molecule has 0 saturated carbocycles. The zero-order valence-corrected chi connectivity index (χ0v) is 13.8. The van der Waals surface area contributed by atoms with Crippen LogP contribution >= 0.6 is 27.5 Å². The second kappa shape index (κ2) is 5.66. The number of anilines is 1. The normalized spacial score (nSPS) is 14.9. The minimum Gasteiger partial charge on any atom is -0.503 e. The van der Waals surface area contributed by atoms with Crippen molar-refractivity contribution in [3.8, 4) is 11.5 Å². The highest BCUT2D eigenvalue weighted by Crippen LogP contribution is 2.38. The lowest BCUT2D eigenvalue weighted by molar-refractivity contribution is -0.110. The Hall–Kier alpha value is -1.98. The Morgan fingerprint density at radius 2 is 2.09 bits per heavy atom. The Morgan fingerprint density at radius 1 is 1.32 bits per heavy atom. The van der Waals surface area contributed by atoms with E-state index in [1.54, 1.807) is 36.4 Å². The SMILES string of the molecule is COc1cc(/C=C2/C(=O)Nc3cc(Cl)ccc32)cc(Br)c1O. The van der Waals surface area contributed by atoms with Gasteiger partial charge >= 0.3 is 0 Å². The molecule has 2 aromatic carbocycles. The van der Waals surface area contributed by atoms with E-state index < -0.39 is 0 Å². The molecule has 0 aromatic heterocycles. The van der Waals surface area contributed by atoms with Crippen LogP contribution in [0.15, 0.2) is 34.8 Å². The third kappa shape index (κ3) is 2.58. The predicted octanol–water partition coefficient (Wildman–Crippen LogP) is 4.31. The number of benzene rings is 2. The molecule has 22 heavy (non-hydrogen) atoms. The maximum absolute atomic E-state index is 12.1. The van der Waals surface area contributed by atoms with Gasteiger partial charge in [-0.15, -0.1) is 0 Å². The van der Waals surface area contributed by atoms with Crippen molar-refractivity contribution in [1.29, 1.82) is 0 Å². The van der Waals surface area contributed by atoms with E-state index in [1.165, 1.54) is 7.11 Å². The van der Waals surface area contributed by atoms with Crippen LogP contribution in [0.2, 0.25) is 5.02 Å². The van der Waals surface area contributed by atoms with Crippen molar-refractivity contribution in [2.45, 2.75) is 0 Å². The quantitative estimate of drug-likeness (QED) is 0.763. The molecule has 1 heterocycles. The van der Waals surface area contributed by atoms with E-state index in [9.17, 15) is 9.90 Å². The molecule has 0 atom stereocenters. The summed E-state index contributed by atoms with van der Waals surface area (Å²) in [5, 5.41) is 13.2. The van der Waals surface area contributed by atoms with Gasteiger partial charge in [-0.25, -0.2) is 0 Å². The van der Waals surface area contributed by atoms with Gasteiger partial charge in [0.15, 0.2) is 11.5 Å². The number of carbonyl (C=O) groups excluding carboxylic acids is 1. The number of fused-ring (bicyclic) bond motifs is 1. The maximum Gasteiger partial charge on any atom is 0.256 e. The van der Waals surface area contributed by atoms with E-state index in [0.717, 1.165) is 11.1 Å². The summed E-state index contributed by atoms with van der Waals surface area (Å²) in [6, 6.07) is 8.62. The van der Waals surface area contributed by atoms with Gasteiger partial charge in [0.05, 0.1) is 17.3 Å². The molecule has 0 fully saturated rings. The third-order valence-corrected chi connectivity index (χ3v) is 4.19. The summed E-state index contributed by atoms with van der Waals surface area (Å²) in [4.78, 5) is 12.1. The summed E-state index contributed by atoms with van der Waals surface area (Å²) in [5.74, 6) is 0.157. The summed E-state index contributed by atoms with van der Waals surface area (Å²) in [6.07, 6.45) is 1.74. The van der Waals surface area contributed by atoms with Gasteiger partial charge in [-0.1, -0.05) is 17.7 Å². The summed E-state index contributed by atoms with van der Waals surface area (Å²) in [7, 11) is 1.47. The van der Waals surface area contributed by atoms with Gasteiger partial charge in [0, 0.05) is 16.2 Å². The molecule has 2 aromatic rings. The lowest BCUT2D eigenvalue weighted by Crippen LogP contribution is -2.03. The van der Waals surface area contributed by atoms with Gasteiger partial charge in [0.1, 0.15) is 0 Å². The van der Waals surface area contributed by atoms with Gasteiger partial charge in [-0.05, 0) is 51.8 Å². The fourth-order valence-electron chi connectivity index (χ4n) is 2.31. The molecule has 1 aliphatic rings. The van der Waals surface area contributed by atoms with E-state index in [4.69, 9.17) is 16.3 Å². The van der Waals surface area contributed by atoms with Crippen molar-refractivity contribution in [2.75, 3.05) is 12.4 Å². The Bertz CT molecular complexity index is 817. The van der Waals surface area contributed by atoms with E-state index in [1.807, 2.05) is 0 Å². The molecule has 0 bridgehead atoms. The molecule has 6 heteroatoms. The zero-order chi connectivity index (χ0) is 15.9. The molecule has 0 saturated heterocycles. The van der Waals surface area contributed by atoms with Gasteiger partial charge in [0.25, 0.3) is 5.91 Å². The Labute approximate surface area is 140 Å². The number of carbonyl (C=O) groups is 1. The highest BCUT2D eigenvalue weighted by Gasteiger charge is 2.24. The number of nitrogens with one attached hydrogen (secondary N) is 1. The second-order valence-corrected chi connectivity index (χ2v) is 6.05. The van der Waals surface area contributed by atoms with Gasteiger partial charge in [-0.3, -0.25) is 4.79 Å². The summed E-state index contributed by atoms with van der Waals surface area (Å²) >= 11 is 9.20. The Balaban J connectivity index is 2.10. The Kier molecular flexibility index (Phi) is 3.85. The summed E-state index contributed by atoms with van der Waals surface area (Å²) < 4.78 is 5.61. The Morgan fingerprint density at radius 3 is 2.82 bits per heavy atom. The molecule has 112 valence electrons. The van der Waals surface area contributed by atoms with Crippen molar-refractivity contribution >= 4 is 50.8 Å². The van der Waals surface area contributed by atoms with Crippen LogP contribution in [-0.2, 0) is 4.79 Å². The van der Waals surface area contributed by atoms with Crippen molar-refractivity contribution in [1.82, 2.24) is 0 Å².